The summed E-state index contributed by atoms with van der Waals surface area (Å²) >= 11 is 2.92. The van der Waals surface area contributed by atoms with Crippen LogP contribution in [0.3, 0.4) is 0 Å². The molecule has 20 heavy (non-hydrogen) atoms. The lowest BCUT2D eigenvalue weighted by Gasteiger charge is -2.23. The van der Waals surface area contributed by atoms with E-state index in [4.69, 9.17) is 0 Å². The van der Waals surface area contributed by atoms with E-state index in [1.165, 1.54) is 6.20 Å². The SMILES string of the molecule is O=C1CCC(Nc2ncc(Br)cc2C(F)(F)F)C(=O)N1. The molecule has 1 aromatic heterocycles. The number of carbonyl (C=O) groups excluding carboxylic acids is 2. The molecule has 0 spiro atoms. The molecule has 0 aromatic carbocycles. The highest BCUT2D eigenvalue weighted by molar-refractivity contribution is 9.10. The second kappa shape index (κ2) is 5.39. The lowest BCUT2D eigenvalue weighted by molar-refractivity contribution is -0.138. The Morgan fingerprint density at radius 2 is 2.10 bits per heavy atom. The smallest absolute Gasteiger partial charge is 0.358 e. The molecule has 1 aliphatic rings. The Morgan fingerprint density at radius 3 is 2.70 bits per heavy atom. The van der Waals surface area contributed by atoms with Crippen molar-refractivity contribution in [1.82, 2.24) is 10.3 Å². The lowest BCUT2D eigenvalue weighted by Crippen LogP contribution is -2.47. The van der Waals surface area contributed by atoms with Gasteiger partial charge in [-0.3, -0.25) is 14.9 Å². The number of hydrogen-bond donors (Lipinski definition) is 2. The van der Waals surface area contributed by atoms with Crippen molar-refractivity contribution in [2.75, 3.05) is 5.32 Å². The molecule has 1 saturated heterocycles. The van der Waals surface area contributed by atoms with Crippen LogP contribution in [-0.2, 0) is 15.8 Å². The van der Waals surface area contributed by atoms with Gasteiger partial charge in [0.05, 0.1) is 5.56 Å². The maximum absolute atomic E-state index is 12.9. The Morgan fingerprint density at radius 1 is 1.40 bits per heavy atom. The predicted molar refractivity (Wildman–Crippen MR) is 66.7 cm³/mol. The number of pyridine rings is 1. The van der Waals surface area contributed by atoms with E-state index >= 15 is 0 Å². The van der Waals surface area contributed by atoms with Gasteiger partial charge in [-0.25, -0.2) is 4.98 Å². The minimum Gasteiger partial charge on any atom is -0.358 e. The fourth-order valence-corrected chi connectivity index (χ4v) is 2.10. The molecule has 1 aliphatic heterocycles. The van der Waals surface area contributed by atoms with E-state index in [9.17, 15) is 22.8 Å². The van der Waals surface area contributed by atoms with Gasteiger partial charge in [0.1, 0.15) is 11.9 Å². The second-order valence-corrected chi connectivity index (χ2v) is 5.11. The number of imide groups is 1. The third-order valence-corrected chi connectivity index (χ3v) is 3.14. The number of rotatable bonds is 2. The first-order valence-electron chi connectivity index (χ1n) is 5.60. The molecule has 0 bridgehead atoms. The summed E-state index contributed by atoms with van der Waals surface area (Å²) in [5.41, 5.74) is -0.975. The zero-order valence-electron chi connectivity index (χ0n) is 9.92. The highest BCUT2D eigenvalue weighted by atomic mass is 79.9. The molecule has 1 aromatic rings. The van der Waals surface area contributed by atoms with E-state index < -0.39 is 35.4 Å². The Labute approximate surface area is 120 Å². The molecule has 2 amide bonds. The maximum atomic E-state index is 12.9. The first kappa shape index (κ1) is 14.8. The largest absolute Gasteiger partial charge is 0.419 e. The van der Waals surface area contributed by atoms with Gasteiger partial charge in [0.25, 0.3) is 0 Å². The molecule has 0 radical (unpaired) electrons. The highest BCUT2D eigenvalue weighted by Gasteiger charge is 2.36. The summed E-state index contributed by atoms with van der Waals surface area (Å²) in [5.74, 6) is -1.53. The van der Waals surface area contributed by atoms with Crippen molar-refractivity contribution >= 4 is 33.6 Å². The van der Waals surface area contributed by atoms with Crippen molar-refractivity contribution in [2.45, 2.75) is 25.1 Å². The monoisotopic (exact) mass is 351 g/mol. The zero-order chi connectivity index (χ0) is 14.9. The predicted octanol–water partition coefficient (Wildman–Crippen LogP) is 2.08. The van der Waals surface area contributed by atoms with Crippen LogP contribution < -0.4 is 10.6 Å². The topological polar surface area (TPSA) is 71.1 Å². The van der Waals surface area contributed by atoms with E-state index in [2.05, 4.69) is 31.5 Å². The van der Waals surface area contributed by atoms with Crippen LogP contribution in [0.25, 0.3) is 0 Å². The van der Waals surface area contributed by atoms with E-state index in [0.29, 0.717) is 0 Å². The number of hydrogen-bond acceptors (Lipinski definition) is 4. The van der Waals surface area contributed by atoms with Gasteiger partial charge in [-0.1, -0.05) is 0 Å². The Bertz CT molecular complexity index is 562. The van der Waals surface area contributed by atoms with Gasteiger partial charge < -0.3 is 5.32 Å². The van der Waals surface area contributed by atoms with Crippen LogP contribution in [0.4, 0.5) is 19.0 Å². The average Bonchev–Trinajstić information content (AvgIpc) is 2.33. The van der Waals surface area contributed by atoms with Crippen LogP contribution in [0.1, 0.15) is 18.4 Å². The molecule has 1 unspecified atom stereocenters. The maximum Gasteiger partial charge on any atom is 0.419 e. The van der Waals surface area contributed by atoms with Crippen molar-refractivity contribution in [1.29, 1.82) is 0 Å². The van der Waals surface area contributed by atoms with E-state index in [0.717, 1.165) is 6.07 Å². The lowest BCUT2D eigenvalue weighted by atomic mass is 10.1. The van der Waals surface area contributed by atoms with E-state index in [1.54, 1.807) is 0 Å². The first-order valence-corrected chi connectivity index (χ1v) is 6.39. The Balaban J connectivity index is 2.25. The molecule has 9 heteroatoms. The summed E-state index contributed by atoms with van der Waals surface area (Å²) in [7, 11) is 0. The van der Waals surface area contributed by atoms with Gasteiger partial charge in [-0.05, 0) is 28.4 Å². The van der Waals surface area contributed by atoms with Gasteiger partial charge in [0, 0.05) is 17.1 Å². The fraction of sp³-hybridized carbons (Fsp3) is 0.364. The summed E-state index contributed by atoms with van der Waals surface area (Å²) in [6.45, 7) is 0. The number of anilines is 1. The third kappa shape index (κ3) is 3.27. The number of alkyl halides is 3. The molecule has 1 fully saturated rings. The minimum atomic E-state index is -4.60. The van der Waals surface area contributed by atoms with Crippen molar-refractivity contribution in [3.63, 3.8) is 0 Å². The van der Waals surface area contributed by atoms with Gasteiger partial charge in [0.15, 0.2) is 0 Å². The molecule has 108 valence electrons. The second-order valence-electron chi connectivity index (χ2n) is 4.20. The van der Waals surface area contributed by atoms with Gasteiger partial charge >= 0.3 is 6.18 Å². The minimum absolute atomic E-state index is 0.0707. The molecule has 0 aliphatic carbocycles. The average molecular weight is 352 g/mol. The molecule has 0 saturated carbocycles. The van der Waals surface area contributed by atoms with Gasteiger partial charge in [-0.2, -0.15) is 13.2 Å². The Hall–Kier alpha value is -1.64. The molecular weight excluding hydrogens is 343 g/mol. The van der Waals surface area contributed by atoms with Crippen LogP contribution in [0.15, 0.2) is 16.7 Å². The fourth-order valence-electron chi connectivity index (χ4n) is 1.77. The molecule has 1 atom stereocenters. The van der Waals surface area contributed by atoms with Crippen molar-refractivity contribution in [3.05, 3.63) is 22.3 Å². The molecule has 2 heterocycles. The van der Waals surface area contributed by atoms with Crippen LogP contribution >= 0.6 is 15.9 Å². The number of piperidine rings is 1. The summed E-state index contributed by atoms with van der Waals surface area (Å²) in [5, 5.41) is 4.50. The molecule has 2 rings (SSSR count). The first-order chi connectivity index (χ1) is 9.27. The van der Waals surface area contributed by atoms with Crippen LogP contribution in [-0.4, -0.2) is 22.8 Å². The van der Waals surface area contributed by atoms with Crippen LogP contribution in [0, 0.1) is 0 Å². The summed E-state index contributed by atoms with van der Waals surface area (Å²) in [6, 6.07) is -0.0382. The van der Waals surface area contributed by atoms with Crippen molar-refractivity contribution in [3.8, 4) is 0 Å². The van der Waals surface area contributed by atoms with Crippen molar-refractivity contribution < 1.29 is 22.8 Å². The highest BCUT2D eigenvalue weighted by Crippen LogP contribution is 2.35. The quantitative estimate of drug-likeness (QED) is 0.800. The van der Waals surface area contributed by atoms with Crippen molar-refractivity contribution in [2.24, 2.45) is 0 Å². The third-order valence-electron chi connectivity index (χ3n) is 2.71. The number of carbonyl (C=O) groups is 2. The number of nitrogens with zero attached hydrogens (tertiary/aromatic N) is 1. The van der Waals surface area contributed by atoms with E-state index in [1.807, 2.05) is 0 Å². The molecule has 2 N–H and O–H groups in total. The summed E-state index contributed by atoms with van der Waals surface area (Å²) in [6.07, 6.45) is -3.20. The van der Waals surface area contributed by atoms with E-state index in [-0.39, 0.29) is 17.3 Å². The number of nitrogens with one attached hydrogen (secondary N) is 2. The molecule has 5 nitrogen and oxygen atoms in total. The molecular formula is C11H9BrF3N3O2. The number of halogens is 4. The normalized spacial score (nSPS) is 19.7. The van der Waals surface area contributed by atoms with Gasteiger partial charge in [-0.15, -0.1) is 0 Å². The Kier molecular flexibility index (Phi) is 3.98. The summed E-state index contributed by atoms with van der Waals surface area (Å²) < 4.78 is 38.8. The standard InChI is InChI=1S/C11H9BrF3N3O2/c12-5-3-6(11(13,14)15)9(16-4-5)17-7-1-2-8(19)18-10(7)20/h3-4,7H,1-2H2,(H,16,17)(H,18,19,20). The zero-order valence-corrected chi connectivity index (χ0v) is 11.5. The van der Waals surface area contributed by atoms with Crippen LogP contribution in [0.5, 0.6) is 0 Å². The number of amides is 2. The van der Waals surface area contributed by atoms with Crippen LogP contribution in [0.2, 0.25) is 0 Å². The summed E-state index contributed by atoms with van der Waals surface area (Å²) in [4.78, 5) is 26.2. The van der Waals surface area contributed by atoms with Gasteiger partial charge in [0.2, 0.25) is 11.8 Å². The number of aromatic nitrogens is 1.